The van der Waals surface area contributed by atoms with Crippen LogP contribution < -0.4 is 10.1 Å². The van der Waals surface area contributed by atoms with E-state index in [-0.39, 0.29) is 11.8 Å². The summed E-state index contributed by atoms with van der Waals surface area (Å²) in [6.45, 7) is 6.96. The zero-order chi connectivity index (χ0) is 21.0. The second-order valence-corrected chi connectivity index (χ2v) is 6.69. The second-order valence-electron chi connectivity index (χ2n) is 6.69. The first kappa shape index (κ1) is 20.3. The number of nitrogens with zero attached hydrogens (tertiary/aromatic N) is 2. The predicted octanol–water partition coefficient (Wildman–Crippen LogP) is 4.29. The van der Waals surface area contributed by atoms with Crippen LogP contribution in [0, 0.1) is 6.92 Å². The highest BCUT2D eigenvalue weighted by molar-refractivity contribution is 6.07. The van der Waals surface area contributed by atoms with Gasteiger partial charge in [0.2, 0.25) is 0 Å². The van der Waals surface area contributed by atoms with E-state index in [0.29, 0.717) is 35.6 Å². The number of hydrogen-bond donors (Lipinski definition) is 1. The predicted molar refractivity (Wildman–Crippen MR) is 115 cm³/mol. The highest BCUT2D eigenvalue weighted by Crippen LogP contribution is 2.22. The van der Waals surface area contributed by atoms with E-state index in [4.69, 9.17) is 4.74 Å². The van der Waals surface area contributed by atoms with Crippen molar-refractivity contribution in [2.24, 2.45) is 0 Å². The number of ether oxygens (including phenoxy) is 1. The van der Waals surface area contributed by atoms with Gasteiger partial charge in [0.25, 0.3) is 11.8 Å². The smallest absolute Gasteiger partial charge is 0.257 e. The van der Waals surface area contributed by atoms with Gasteiger partial charge in [-0.2, -0.15) is 0 Å². The maximum absolute atomic E-state index is 12.9. The number of fused-ring (bicyclic) bond motifs is 1. The van der Waals surface area contributed by atoms with E-state index in [9.17, 15) is 9.59 Å². The van der Waals surface area contributed by atoms with Crippen molar-refractivity contribution in [1.82, 2.24) is 9.88 Å². The molecule has 6 nitrogen and oxygen atoms in total. The molecule has 0 unspecified atom stereocenters. The molecule has 6 heteroatoms. The lowest BCUT2D eigenvalue weighted by molar-refractivity contribution is 0.0772. The highest BCUT2D eigenvalue weighted by atomic mass is 16.5. The summed E-state index contributed by atoms with van der Waals surface area (Å²) in [4.78, 5) is 31.7. The molecule has 0 spiro atoms. The molecule has 0 saturated carbocycles. The van der Waals surface area contributed by atoms with Crippen molar-refractivity contribution >= 4 is 28.4 Å². The summed E-state index contributed by atoms with van der Waals surface area (Å²) in [7, 11) is 1.61. The van der Waals surface area contributed by atoms with Crippen molar-refractivity contribution in [3.05, 3.63) is 65.4 Å². The lowest BCUT2D eigenvalue weighted by atomic mass is 10.1. The van der Waals surface area contributed by atoms with Crippen molar-refractivity contribution in [3.63, 3.8) is 0 Å². The minimum atomic E-state index is -0.264. The van der Waals surface area contributed by atoms with Crippen LogP contribution in [-0.4, -0.2) is 41.9 Å². The van der Waals surface area contributed by atoms with Crippen molar-refractivity contribution in [2.75, 3.05) is 25.5 Å². The van der Waals surface area contributed by atoms with Gasteiger partial charge in [0.05, 0.1) is 23.9 Å². The van der Waals surface area contributed by atoms with Crippen LogP contribution in [0.1, 0.15) is 40.3 Å². The number of amides is 2. The minimum Gasteiger partial charge on any atom is -0.497 e. The molecule has 3 aromatic rings. The monoisotopic (exact) mass is 391 g/mol. The zero-order valence-electron chi connectivity index (χ0n) is 17.2. The topological polar surface area (TPSA) is 71.5 Å². The summed E-state index contributed by atoms with van der Waals surface area (Å²) < 4.78 is 5.23. The first-order valence-corrected chi connectivity index (χ1v) is 9.62. The van der Waals surface area contributed by atoms with Crippen LogP contribution in [0.15, 0.2) is 48.5 Å². The van der Waals surface area contributed by atoms with Crippen LogP contribution >= 0.6 is 0 Å². The molecule has 0 fully saturated rings. The van der Waals surface area contributed by atoms with Crippen LogP contribution in [0.5, 0.6) is 5.75 Å². The summed E-state index contributed by atoms with van der Waals surface area (Å²) in [5, 5.41) is 3.74. The van der Waals surface area contributed by atoms with E-state index in [2.05, 4.69) is 10.3 Å². The Balaban J connectivity index is 1.86. The van der Waals surface area contributed by atoms with E-state index in [1.807, 2.05) is 38.1 Å². The summed E-state index contributed by atoms with van der Waals surface area (Å²) in [5.41, 5.74) is 3.00. The molecular weight excluding hydrogens is 366 g/mol. The number of methoxy groups -OCH3 is 1. The van der Waals surface area contributed by atoms with E-state index in [0.717, 1.165) is 16.7 Å². The van der Waals surface area contributed by atoms with Crippen molar-refractivity contribution < 1.29 is 14.3 Å². The number of benzene rings is 2. The Bertz CT molecular complexity index is 1060. The number of pyridine rings is 1. The molecule has 1 aromatic heterocycles. The van der Waals surface area contributed by atoms with Crippen LogP contribution in [0.2, 0.25) is 0 Å². The maximum Gasteiger partial charge on any atom is 0.257 e. The van der Waals surface area contributed by atoms with Crippen molar-refractivity contribution in [3.8, 4) is 5.75 Å². The molecule has 0 aliphatic heterocycles. The van der Waals surface area contributed by atoms with Crippen molar-refractivity contribution in [2.45, 2.75) is 20.8 Å². The van der Waals surface area contributed by atoms with Gasteiger partial charge >= 0.3 is 0 Å². The SMILES string of the molecule is CCN(CC)C(=O)c1cccc(NC(=O)c2cc3ccc(OC)cc3nc2C)c1. The van der Waals surface area contributed by atoms with Crippen molar-refractivity contribution in [1.29, 1.82) is 0 Å². The Labute approximate surface area is 170 Å². The van der Waals surface area contributed by atoms with Crippen LogP contribution in [0.3, 0.4) is 0 Å². The van der Waals surface area contributed by atoms with E-state index >= 15 is 0 Å². The van der Waals surface area contributed by atoms with Gasteiger partial charge in [-0.05, 0) is 57.2 Å². The third kappa shape index (κ3) is 4.37. The molecule has 3 rings (SSSR count). The number of carbonyl (C=O) groups excluding carboxylic acids is 2. The summed E-state index contributed by atoms with van der Waals surface area (Å²) in [5.74, 6) is 0.403. The average Bonchev–Trinajstić information content (AvgIpc) is 2.73. The van der Waals surface area contributed by atoms with E-state index < -0.39 is 0 Å². The number of carbonyl (C=O) groups is 2. The van der Waals surface area contributed by atoms with E-state index in [1.54, 1.807) is 43.2 Å². The molecule has 0 atom stereocenters. The van der Waals surface area contributed by atoms with Gasteiger partial charge in [-0.1, -0.05) is 6.07 Å². The molecule has 29 heavy (non-hydrogen) atoms. The summed E-state index contributed by atoms with van der Waals surface area (Å²) >= 11 is 0. The molecule has 2 amide bonds. The first-order valence-electron chi connectivity index (χ1n) is 9.62. The molecule has 0 bridgehead atoms. The standard InChI is InChI=1S/C23H25N3O3/c1-5-26(6-2)23(28)17-8-7-9-18(12-17)25-22(27)20-13-16-10-11-19(29-4)14-21(16)24-15(20)3/h7-14H,5-6H2,1-4H3,(H,25,27). The zero-order valence-corrected chi connectivity index (χ0v) is 17.2. The van der Waals surface area contributed by atoms with Gasteiger partial charge in [-0.3, -0.25) is 14.6 Å². The lowest BCUT2D eigenvalue weighted by Gasteiger charge is -2.19. The number of aromatic nitrogens is 1. The Morgan fingerprint density at radius 3 is 2.52 bits per heavy atom. The fourth-order valence-corrected chi connectivity index (χ4v) is 3.22. The van der Waals surface area contributed by atoms with Gasteiger partial charge in [0.15, 0.2) is 0 Å². The molecule has 1 N–H and O–H groups in total. The molecule has 0 saturated heterocycles. The average molecular weight is 391 g/mol. The van der Waals surface area contributed by atoms with Gasteiger partial charge in [0.1, 0.15) is 5.75 Å². The lowest BCUT2D eigenvalue weighted by Crippen LogP contribution is -2.30. The summed E-state index contributed by atoms with van der Waals surface area (Å²) in [6, 6.07) is 14.4. The third-order valence-electron chi connectivity index (χ3n) is 4.88. The second kappa shape index (κ2) is 8.73. The van der Waals surface area contributed by atoms with Gasteiger partial charge in [-0.25, -0.2) is 0 Å². The fourth-order valence-electron chi connectivity index (χ4n) is 3.22. The molecular formula is C23H25N3O3. The molecule has 2 aromatic carbocycles. The quantitative estimate of drug-likeness (QED) is 0.681. The number of anilines is 1. The maximum atomic E-state index is 12.9. The minimum absolute atomic E-state index is 0.0522. The molecule has 0 radical (unpaired) electrons. The molecule has 0 aliphatic carbocycles. The molecule has 0 aliphatic rings. The molecule has 150 valence electrons. The fraction of sp³-hybridized carbons (Fsp3) is 0.261. The Morgan fingerprint density at radius 2 is 1.83 bits per heavy atom. The first-order chi connectivity index (χ1) is 14.0. The summed E-state index contributed by atoms with van der Waals surface area (Å²) in [6.07, 6.45) is 0. The Morgan fingerprint density at radius 1 is 1.07 bits per heavy atom. The number of hydrogen-bond acceptors (Lipinski definition) is 4. The van der Waals surface area contributed by atoms with Gasteiger partial charge < -0.3 is 15.0 Å². The third-order valence-corrected chi connectivity index (χ3v) is 4.88. The Hall–Kier alpha value is -3.41. The van der Waals surface area contributed by atoms with Crippen LogP contribution in [0.4, 0.5) is 5.69 Å². The number of nitrogens with one attached hydrogen (secondary N) is 1. The normalized spacial score (nSPS) is 10.6. The van der Waals surface area contributed by atoms with Gasteiger partial charge in [0, 0.05) is 35.8 Å². The van der Waals surface area contributed by atoms with Crippen LogP contribution in [0.25, 0.3) is 10.9 Å². The molecule has 1 heterocycles. The Kier molecular flexibility index (Phi) is 6.12. The number of rotatable bonds is 6. The highest BCUT2D eigenvalue weighted by Gasteiger charge is 2.15. The van der Waals surface area contributed by atoms with Gasteiger partial charge in [-0.15, -0.1) is 0 Å². The van der Waals surface area contributed by atoms with Crippen LogP contribution in [-0.2, 0) is 0 Å². The largest absolute Gasteiger partial charge is 0.497 e. The van der Waals surface area contributed by atoms with E-state index in [1.165, 1.54) is 0 Å². The number of aryl methyl sites for hydroxylation is 1.